The number of hydrogen-bond donors (Lipinski definition) is 2. The van der Waals surface area contributed by atoms with Crippen LogP contribution in [0.3, 0.4) is 0 Å². The van der Waals surface area contributed by atoms with Crippen molar-refractivity contribution in [3.8, 4) is 5.75 Å². The van der Waals surface area contributed by atoms with E-state index in [0.717, 1.165) is 4.47 Å². The Morgan fingerprint density at radius 2 is 2.26 bits per heavy atom. The Morgan fingerprint density at radius 1 is 1.53 bits per heavy atom. The van der Waals surface area contributed by atoms with Gasteiger partial charge in [-0.1, -0.05) is 15.9 Å². The average molecular weight is 332 g/mol. The van der Waals surface area contributed by atoms with E-state index in [4.69, 9.17) is 9.47 Å². The molecule has 0 spiro atoms. The zero-order valence-electron chi connectivity index (χ0n) is 11.0. The van der Waals surface area contributed by atoms with Gasteiger partial charge < -0.3 is 19.9 Å². The van der Waals surface area contributed by atoms with Gasteiger partial charge in [0, 0.05) is 23.7 Å². The molecule has 6 heteroatoms. The van der Waals surface area contributed by atoms with Crippen molar-refractivity contribution in [2.24, 2.45) is 0 Å². The van der Waals surface area contributed by atoms with E-state index in [9.17, 15) is 9.90 Å². The fourth-order valence-electron chi connectivity index (χ4n) is 1.46. The lowest BCUT2D eigenvalue weighted by Gasteiger charge is -2.13. The predicted octanol–water partition coefficient (Wildman–Crippen LogP) is 1.64. The van der Waals surface area contributed by atoms with Crippen molar-refractivity contribution in [2.45, 2.75) is 13.0 Å². The third-order valence-electron chi connectivity index (χ3n) is 2.41. The molecule has 0 fully saturated rings. The minimum atomic E-state index is -0.663. The van der Waals surface area contributed by atoms with Crippen LogP contribution in [-0.2, 0) is 9.53 Å². The molecular weight excluding hydrogens is 314 g/mol. The fourth-order valence-corrected chi connectivity index (χ4v) is 1.84. The number of aliphatic hydroxyl groups excluding tert-OH is 1. The fraction of sp³-hybridized carbons (Fsp3) is 0.462. The van der Waals surface area contributed by atoms with Gasteiger partial charge in [0.15, 0.2) is 6.61 Å². The molecule has 0 heterocycles. The Labute approximate surface area is 121 Å². The number of benzene rings is 1. The SMILES string of the molecule is COCCNC(=O)COc1ccc(Br)cc1C(C)O. The predicted molar refractivity (Wildman–Crippen MR) is 75.2 cm³/mol. The standard InChI is InChI=1S/C13H18BrNO4/c1-9(16)11-7-10(14)3-4-12(11)19-8-13(17)15-5-6-18-2/h3-4,7,9,16H,5-6,8H2,1-2H3,(H,15,17). The molecule has 1 aromatic carbocycles. The Balaban J connectivity index is 2.55. The van der Waals surface area contributed by atoms with Crippen LogP contribution >= 0.6 is 15.9 Å². The van der Waals surface area contributed by atoms with E-state index in [1.807, 2.05) is 0 Å². The number of carbonyl (C=O) groups is 1. The molecule has 1 amide bonds. The lowest BCUT2D eigenvalue weighted by Crippen LogP contribution is -2.31. The molecule has 0 aliphatic carbocycles. The number of carbonyl (C=O) groups excluding carboxylic acids is 1. The molecule has 0 radical (unpaired) electrons. The summed E-state index contributed by atoms with van der Waals surface area (Å²) in [5.41, 5.74) is 0.638. The summed E-state index contributed by atoms with van der Waals surface area (Å²) < 4.78 is 11.1. The highest BCUT2D eigenvalue weighted by Gasteiger charge is 2.11. The third kappa shape index (κ3) is 5.59. The summed E-state index contributed by atoms with van der Waals surface area (Å²) in [6.07, 6.45) is -0.663. The van der Waals surface area contributed by atoms with Gasteiger partial charge in [0.2, 0.25) is 0 Å². The molecule has 0 aliphatic heterocycles. The molecule has 19 heavy (non-hydrogen) atoms. The van der Waals surface area contributed by atoms with Crippen molar-refractivity contribution < 1.29 is 19.4 Å². The van der Waals surface area contributed by atoms with Crippen molar-refractivity contribution in [1.82, 2.24) is 5.32 Å². The smallest absolute Gasteiger partial charge is 0.258 e. The Morgan fingerprint density at radius 3 is 2.89 bits per heavy atom. The van der Waals surface area contributed by atoms with Crippen LogP contribution in [0.5, 0.6) is 5.75 Å². The van der Waals surface area contributed by atoms with Crippen LogP contribution in [0.4, 0.5) is 0 Å². The molecule has 2 N–H and O–H groups in total. The number of halogens is 1. The highest BCUT2D eigenvalue weighted by molar-refractivity contribution is 9.10. The van der Waals surface area contributed by atoms with Crippen LogP contribution in [0, 0.1) is 0 Å². The molecule has 106 valence electrons. The summed E-state index contributed by atoms with van der Waals surface area (Å²) in [4.78, 5) is 11.5. The van der Waals surface area contributed by atoms with Crippen LogP contribution in [0.15, 0.2) is 22.7 Å². The van der Waals surface area contributed by atoms with Gasteiger partial charge in [-0.05, 0) is 25.1 Å². The first-order chi connectivity index (χ1) is 9.04. The van der Waals surface area contributed by atoms with Crippen LogP contribution in [0.1, 0.15) is 18.6 Å². The first-order valence-corrected chi connectivity index (χ1v) is 6.70. The first kappa shape index (κ1) is 15.9. The number of aliphatic hydroxyl groups is 1. The second kappa shape index (κ2) is 8.14. The minimum absolute atomic E-state index is 0.0922. The summed E-state index contributed by atoms with van der Waals surface area (Å²) >= 11 is 3.33. The topological polar surface area (TPSA) is 67.8 Å². The van der Waals surface area contributed by atoms with Gasteiger partial charge in [0.05, 0.1) is 12.7 Å². The number of rotatable bonds is 7. The maximum absolute atomic E-state index is 11.5. The second-order valence-electron chi connectivity index (χ2n) is 3.99. The molecule has 0 bridgehead atoms. The minimum Gasteiger partial charge on any atom is -0.483 e. The molecule has 0 saturated heterocycles. The second-order valence-corrected chi connectivity index (χ2v) is 4.91. The van der Waals surface area contributed by atoms with E-state index in [2.05, 4.69) is 21.2 Å². The summed E-state index contributed by atoms with van der Waals surface area (Å²) in [5.74, 6) is 0.275. The zero-order chi connectivity index (χ0) is 14.3. The largest absolute Gasteiger partial charge is 0.483 e. The quantitative estimate of drug-likeness (QED) is 0.745. The molecule has 0 aromatic heterocycles. The first-order valence-electron chi connectivity index (χ1n) is 5.90. The van der Waals surface area contributed by atoms with Gasteiger partial charge in [0.1, 0.15) is 5.75 Å². The highest BCUT2D eigenvalue weighted by atomic mass is 79.9. The summed E-state index contributed by atoms with van der Waals surface area (Å²) in [6, 6.07) is 5.28. The summed E-state index contributed by atoms with van der Waals surface area (Å²) in [7, 11) is 1.57. The maximum atomic E-state index is 11.5. The number of amides is 1. The molecule has 1 aromatic rings. The lowest BCUT2D eigenvalue weighted by atomic mass is 10.1. The van der Waals surface area contributed by atoms with Gasteiger partial charge in [-0.15, -0.1) is 0 Å². The van der Waals surface area contributed by atoms with Crippen LogP contribution < -0.4 is 10.1 Å². The normalized spacial score (nSPS) is 12.0. The molecule has 1 unspecified atom stereocenters. The van der Waals surface area contributed by atoms with Gasteiger partial charge in [-0.2, -0.15) is 0 Å². The van der Waals surface area contributed by atoms with Crippen molar-refractivity contribution in [1.29, 1.82) is 0 Å². The van der Waals surface area contributed by atoms with Crippen molar-refractivity contribution >= 4 is 21.8 Å². The number of hydrogen-bond acceptors (Lipinski definition) is 4. The molecular formula is C13H18BrNO4. The maximum Gasteiger partial charge on any atom is 0.258 e. The monoisotopic (exact) mass is 331 g/mol. The van der Waals surface area contributed by atoms with Gasteiger partial charge in [-0.25, -0.2) is 0 Å². The Hall–Kier alpha value is -1.11. The molecule has 0 aliphatic rings. The number of methoxy groups -OCH3 is 1. The van der Waals surface area contributed by atoms with Crippen LogP contribution in [-0.4, -0.2) is 37.9 Å². The van der Waals surface area contributed by atoms with E-state index in [1.165, 1.54) is 0 Å². The molecule has 1 atom stereocenters. The Kier molecular flexibility index (Phi) is 6.83. The van der Waals surface area contributed by atoms with E-state index in [-0.39, 0.29) is 12.5 Å². The van der Waals surface area contributed by atoms with E-state index < -0.39 is 6.10 Å². The van der Waals surface area contributed by atoms with Gasteiger partial charge in [0.25, 0.3) is 5.91 Å². The third-order valence-corrected chi connectivity index (χ3v) is 2.90. The van der Waals surface area contributed by atoms with Crippen molar-refractivity contribution in [3.63, 3.8) is 0 Å². The van der Waals surface area contributed by atoms with Gasteiger partial charge in [-0.3, -0.25) is 4.79 Å². The zero-order valence-corrected chi connectivity index (χ0v) is 12.6. The molecule has 5 nitrogen and oxygen atoms in total. The Bertz CT molecular complexity index is 423. The van der Waals surface area contributed by atoms with Gasteiger partial charge >= 0.3 is 0 Å². The molecule has 0 saturated carbocycles. The van der Waals surface area contributed by atoms with E-state index >= 15 is 0 Å². The van der Waals surface area contributed by atoms with E-state index in [0.29, 0.717) is 24.5 Å². The number of ether oxygens (including phenoxy) is 2. The lowest BCUT2D eigenvalue weighted by molar-refractivity contribution is -0.123. The van der Waals surface area contributed by atoms with Crippen LogP contribution in [0.2, 0.25) is 0 Å². The van der Waals surface area contributed by atoms with Crippen molar-refractivity contribution in [2.75, 3.05) is 26.9 Å². The van der Waals surface area contributed by atoms with Crippen LogP contribution in [0.25, 0.3) is 0 Å². The summed E-state index contributed by atoms with van der Waals surface area (Å²) in [6.45, 7) is 2.46. The number of nitrogens with one attached hydrogen (secondary N) is 1. The van der Waals surface area contributed by atoms with E-state index in [1.54, 1.807) is 32.2 Å². The highest BCUT2D eigenvalue weighted by Crippen LogP contribution is 2.28. The average Bonchev–Trinajstić information content (AvgIpc) is 2.37. The molecule has 1 rings (SSSR count). The summed E-state index contributed by atoms with van der Waals surface area (Å²) in [5, 5.41) is 12.3. The van der Waals surface area contributed by atoms with Crippen molar-refractivity contribution in [3.05, 3.63) is 28.2 Å².